The van der Waals surface area contributed by atoms with E-state index < -0.39 is 0 Å². The Labute approximate surface area is 104 Å². The van der Waals surface area contributed by atoms with E-state index in [4.69, 9.17) is 9.47 Å². The maximum absolute atomic E-state index is 5.45. The Morgan fingerprint density at radius 1 is 1.29 bits per heavy atom. The Morgan fingerprint density at radius 2 is 2.12 bits per heavy atom. The molecule has 0 aliphatic heterocycles. The number of nitrogens with one attached hydrogen (secondary N) is 1. The van der Waals surface area contributed by atoms with E-state index >= 15 is 0 Å². The largest absolute Gasteiger partial charge is 0.494 e. The highest BCUT2D eigenvalue weighted by molar-refractivity contribution is 5.28. The Hall–Kier alpha value is -1.06. The molecule has 0 radical (unpaired) electrons. The molecule has 1 aromatic rings. The van der Waals surface area contributed by atoms with Gasteiger partial charge in [-0.05, 0) is 38.5 Å². The average Bonchev–Trinajstić information content (AvgIpc) is 2.29. The van der Waals surface area contributed by atoms with Crippen LogP contribution in [-0.4, -0.2) is 25.9 Å². The molecule has 0 saturated carbocycles. The Balaban J connectivity index is 2.24. The number of hydrogen-bond donors (Lipinski definition) is 1. The van der Waals surface area contributed by atoms with Crippen LogP contribution in [0.25, 0.3) is 0 Å². The fourth-order valence-corrected chi connectivity index (χ4v) is 1.51. The first kappa shape index (κ1) is 14.0. The zero-order chi connectivity index (χ0) is 12.5. The van der Waals surface area contributed by atoms with Crippen LogP contribution < -0.4 is 10.1 Å². The summed E-state index contributed by atoms with van der Waals surface area (Å²) in [5.41, 5.74) is 1.24. The summed E-state index contributed by atoms with van der Waals surface area (Å²) in [6.45, 7) is 9.27. The van der Waals surface area contributed by atoms with Crippen molar-refractivity contribution < 1.29 is 9.47 Å². The van der Waals surface area contributed by atoms with E-state index in [-0.39, 0.29) is 0 Å². The van der Waals surface area contributed by atoms with E-state index in [1.54, 1.807) is 0 Å². The zero-order valence-electron chi connectivity index (χ0n) is 11.0. The van der Waals surface area contributed by atoms with Gasteiger partial charge in [0.15, 0.2) is 0 Å². The van der Waals surface area contributed by atoms with E-state index in [1.165, 1.54) is 5.56 Å². The summed E-state index contributed by atoms with van der Waals surface area (Å²) in [6, 6.07) is 8.17. The molecule has 17 heavy (non-hydrogen) atoms. The number of benzene rings is 1. The molecule has 0 saturated heterocycles. The molecule has 0 aromatic heterocycles. The molecule has 0 heterocycles. The number of ether oxygens (including phenoxy) is 2. The molecule has 3 heteroatoms. The second-order valence-electron chi connectivity index (χ2n) is 4.18. The van der Waals surface area contributed by atoms with Gasteiger partial charge in [-0.15, -0.1) is 0 Å². The lowest BCUT2D eigenvalue weighted by Gasteiger charge is -2.09. The first-order chi connectivity index (χ1) is 8.22. The van der Waals surface area contributed by atoms with Crippen molar-refractivity contribution in [1.29, 1.82) is 0 Å². The van der Waals surface area contributed by atoms with Crippen molar-refractivity contribution in [1.82, 2.24) is 5.32 Å². The molecule has 0 bridgehead atoms. The monoisotopic (exact) mass is 237 g/mol. The minimum atomic E-state index is 0.304. The van der Waals surface area contributed by atoms with E-state index in [1.807, 2.05) is 32.9 Å². The van der Waals surface area contributed by atoms with Crippen molar-refractivity contribution in [3.05, 3.63) is 29.8 Å². The summed E-state index contributed by atoms with van der Waals surface area (Å²) < 4.78 is 10.9. The Kier molecular flexibility index (Phi) is 6.67. The molecule has 0 atom stereocenters. The molecule has 1 aromatic carbocycles. The predicted molar refractivity (Wildman–Crippen MR) is 70.4 cm³/mol. The van der Waals surface area contributed by atoms with Crippen LogP contribution in [0.15, 0.2) is 24.3 Å². The molecule has 1 rings (SSSR count). The highest BCUT2D eigenvalue weighted by atomic mass is 16.5. The normalized spacial score (nSPS) is 10.8. The van der Waals surface area contributed by atoms with Crippen molar-refractivity contribution in [3.63, 3.8) is 0 Å². The van der Waals surface area contributed by atoms with Crippen molar-refractivity contribution in [2.24, 2.45) is 0 Å². The van der Waals surface area contributed by atoms with Crippen LogP contribution in [0, 0.1) is 0 Å². The van der Waals surface area contributed by atoms with Crippen LogP contribution in [0.1, 0.15) is 26.3 Å². The van der Waals surface area contributed by atoms with Gasteiger partial charge in [0.1, 0.15) is 5.75 Å². The second kappa shape index (κ2) is 8.09. The van der Waals surface area contributed by atoms with Crippen molar-refractivity contribution in [3.8, 4) is 5.75 Å². The van der Waals surface area contributed by atoms with Gasteiger partial charge in [0.05, 0.1) is 19.3 Å². The minimum Gasteiger partial charge on any atom is -0.494 e. The SMILES string of the molecule is CCOc1cccc(CNCCOC(C)C)c1. The number of rotatable bonds is 8. The van der Waals surface area contributed by atoms with Gasteiger partial charge in [-0.2, -0.15) is 0 Å². The summed E-state index contributed by atoms with van der Waals surface area (Å²) in [4.78, 5) is 0. The lowest BCUT2D eigenvalue weighted by Crippen LogP contribution is -2.20. The maximum atomic E-state index is 5.45. The van der Waals surface area contributed by atoms with Crippen LogP contribution in [0.5, 0.6) is 5.75 Å². The molecule has 0 aliphatic rings. The van der Waals surface area contributed by atoms with Gasteiger partial charge in [0.25, 0.3) is 0 Å². The Morgan fingerprint density at radius 3 is 2.82 bits per heavy atom. The molecule has 0 aliphatic carbocycles. The van der Waals surface area contributed by atoms with Gasteiger partial charge in [0.2, 0.25) is 0 Å². The fraction of sp³-hybridized carbons (Fsp3) is 0.571. The summed E-state index contributed by atoms with van der Waals surface area (Å²) in [5.74, 6) is 0.935. The third-order valence-corrected chi connectivity index (χ3v) is 2.27. The molecule has 1 N–H and O–H groups in total. The van der Waals surface area contributed by atoms with Crippen LogP contribution >= 0.6 is 0 Å². The molecular weight excluding hydrogens is 214 g/mol. The van der Waals surface area contributed by atoms with Crippen molar-refractivity contribution >= 4 is 0 Å². The summed E-state index contributed by atoms with van der Waals surface area (Å²) >= 11 is 0. The smallest absolute Gasteiger partial charge is 0.119 e. The number of hydrogen-bond acceptors (Lipinski definition) is 3. The first-order valence-corrected chi connectivity index (χ1v) is 6.26. The van der Waals surface area contributed by atoms with E-state index in [9.17, 15) is 0 Å². The van der Waals surface area contributed by atoms with Gasteiger partial charge in [0, 0.05) is 13.1 Å². The molecule has 96 valence electrons. The quantitative estimate of drug-likeness (QED) is 0.705. The zero-order valence-corrected chi connectivity index (χ0v) is 11.0. The van der Waals surface area contributed by atoms with Crippen LogP contribution in [0.3, 0.4) is 0 Å². The summed E-state index contributed by atoms with van der Waals surface area (Å²) in [7, 11) is 0. The predicted octanol–water partition coefficient (Wildman–Crippen LogP) is 2.60. The van der Waals surface area contributed by atoms with Crippen LogP contribution in [-0.2, 0) is 11.3 Å². The summed E-state index contributed by atoms with van der Waals surface area (Å²) in [6.07, 6.45) is 0.304. The third kappa shape index (κ3) is 6.29. The first-order valence-electron chi connectivity index (χ1n) is 6.26. The molecular formula is C14H23NO2. The van der Waals surface area contributed by atoms with Gasteiger partial charge in [-0.25, -0.2) is 0 Å². The lowest BCUT2D eigenvalue weighted by atomic mass is 10.2. The van der Waals surface area contributed by atoms with E-state index in [0.717, 1.165) is 25.4 Å². The van der Waals surface area contributed by atoms with E-state index in [0.29, 0.717) is 12.7 Å². The minimum absolute atomic E-state index is 0.304. The average molecular weight is 237 g/mol. The van der Waals surface area contributed by atoms with Gasteiger partial charge in [-0.1, -0.05) is 12.1 Å². The molecule has 0 spiro atoms. The second-order valence-corrected chi connectivity index (χ2v) is 4.18. The van der Waals surface area contributed by atoms with Gasteiger partial charge >= 0.3 is 0 Å². The topological polar surface area (TPSA) is 30.5 Å². The molecule has 3 nitrogen and oxygen atoms in total. The van der Waals surface area contributed by atoms with Crippen molar-refractivity contribution in [2.45, 2.75) is 33.4 Å². The molecule has 0 amide bonds. The van der Waals surface area contributed by atoms with E-state index in [2.05, 4.69) is 17.4 Å². The summed E-state index contributed by atoms with van der Waals surface area (Å²) in [5, 5.41) is 3.35. The molecule has 0 fully saturated rings. The maximum Gasteiger partial charge on any atom is 0.119 e. The fourth-order valence-electron chi connectivity index (χ4n) is 1.51. The standard InChI is InChI=1S/C14H23NO2/c1-4-16-14-7-5-6-13(10-14)11-15-8-9-17-12(2)3/h5-7,10,12,15H,4,8-9,11H2,1-3H3. The van der Waals surface area contributed by atoms with Crippen molar-refractivity contribution in [2.75, 3.05) is 19.8 Å². The highest BCUT2D eigenvalue weighted by Crippen LogP contribution is 2.12. The third-order valence-electron chi connectivity index (χ3n) is 2.27. The van der Waals surface area contributed by atoms with Crippen LogP contribution in [0.2, 0.25) is 0 Å². The Bertz CT molecular complexity index is 313. The van der Waals surface area contributed by atoms with Crippen LogP contribution in [0.4, 0.5) is 0 Å². The highest BCUT2D eigenvalue weighted by Gasteiger charge is 1.97. The lowest BCUT2D eigenvalue weighted by molar-refractivity contribution is 0.0807. The van der Waals surface area contributed by atoms with Gasteiger partial charge in [-0.3, -0.25) is 0 Å². The molecule has 0 unspecified atom stereocenters. The van der Waals surface area contributed by atoms with Gasteiger partial charge < -0.3 is 14.8 Å².